The molecule has 0 rings (SSSR count). The Kier molecular flexibility index (Phi) is 17.5. The van der Waals surface area contributed by atoms with Gasteiger partial charge in [0, 0.05) is 19.4 Å². The molecule has 0 saturated heterocycles. The Hall–Kier alpha value is -1.06. The number of carboxylic acid groups (broad SMARTS) is 1. The van der Waals surface area contributed by atoms with Crippen molar-refractivity contribution < 1.29 is 14.7 Å². The van der Waals surface area contributed by atoms with Gasteiger partial charge in [-0.1, -0.05) is 77.0 Å². The van der Waals surface area contributed by atoms with Crippen molar-refractivity contribution in [2.45, 2.75) is 110 Å². The fourth-order valence-electron chi connectivity index (χ4n) is 2.97. The summed E-state index contributed by atoms with van der Waals surface area (Å²) in [6.45, 7) is 2.70. The predicted molar refractivity (Wildman–Crippen MR) is 100 cm³/mol. The summed E-state index contributed by atoms with van der Waals surface area (Å²) < 4.78 is 0. The number of aliphatic carboxylic acids is 1. The van der Waals surface area contributed by atoms with Gasteiger partial charge in [0.25, 0.3) is 0 Å². The van der Waals surface area contributed by atoms with Crippen molar-refractivity contribution in [3.63, 3.8) is 0 Å². The van der Waals surface area contributed by atoms with E-state index >= 15 is 0 Å². The lowest BCUT2D eigenvalue weighted by Crippen LogP contribution is -2.21. The van der Waals surface area contributed by atoms with Gasteiger partial charge in [0.15, 0.2) is 0 Å². The molecule has 0 heterocycles. The Balaban J connectivity index is 3.05. The van der Waals surface area contributed by atoms with E-state index in [9.17, 15) is 9.59 Å². The monoisotopic (exact) mass is 341 g/mol. The molecule has 0 aromatic heterocycles. The maximum absolute atomic E-state index is 11.3. The minimum Gasteiger partial charge on any atom is -0.481 e. The van der Waals surface area contributed by atoms with Crippen LogP contribution in [0.4, 0.5) is 0 Å². The van der Waals surface area contributed by atoms with Crippen LogP contribution in [-0.4, -0.2) is 23.5 Å². The molecule has 0 saturated carbocycles. The molecule has 0 spiro atoms. The second-order valence-corrected chi connectivity index (χ2v) is 6.80. The number of hydrogen-bond donors (Lipinski definition) is 2. The van der Waals surface area contributed by atoms with Gasteiger partial charge < -0.3 is 10.4 Å². The molecule has 4 heteroatoms. The van der Waals surface area contributed by atoms with E-state index in [0.29, 0.717) is 12.8 Å². The molecule has 0 aliphatic heterocycles. The van der Waals surface area contributed by atoms with E-state index in [1.54, 1.807) is 0 Å². The molecule has 1 amide bonds. The minimum absolute atomic E-state index is 0.194. The molecule has 0 aromatic carbocycles. The van der Waals surface area contributed by atoms with E-state index < -0.39 is 5.97 Å². The van der Waals surface area contributed by atoms with Gasteiger partial charge in [0.2, 0.25) is 5.91 Å². The van der Waals surface area contributed by atoms with Crippen LogP contribution in [0.1, 0.15) is 110 Å². The number of carboxylic acids is 1. The highest BCUT2D eigenvalue weighted by atomic mass is 16.4. The van der Waals surface area contributed by atoms with Crippen molar-refractivity contribution in [3.05, 3.63) is 0 Å². The predicted octanol–water partition coefficient (Wildman–Crippen LogP) is 5.45. The Morgan fingerprint density at radius 1 is 0.625 bits per heavy atom. The number of amides is 1. The lowest BCUT2D eigenvalue weighted by molar-refractivity contribution is -0.137. The van der Waals surface area contributed by atoms with Crippen molar-refractivity contribution in [1.82, 2.24) is 5.32 Å². The molecule has 0 aromatic rings. The summed E-state index contributed by atoms with van der Waals surface area (Å²) in [5, 5.41) is 11.4. The number of hydrogen-bond acceptors (Lipinski definition) is 2. The normalized spacial score (nSPS) is 10.7. The fraction of sp³-hybridized carbons (Fsp3) is 0.900. The van der Waals surface area contributed by atoms with E-state index in [1.807, 2.05) is 6.92 Å². The highest BCUT2D eigenvalue weighted by Gasteiger charge is 1.99. The average Bonchev–Trinajstić information content (AvgIpc) is 2.54. The van der Waals surface area contributed by atoms with E-state index in [4.69, 9.17) is 5.11 Å². The van der Waals surface area contributed by atoms with Crippen molar-refractivity contribution in [2.24, 2.45) is 0 Å². The van der Waals surface area contributed by atoms with Gasteiger partial charge in [-0.3, -0.25) is 9.59 Å². The smallest absolute Gasteiger partial charge is 0.303 e. The largest absolute Gasteiger partial charge is 0.481 e. The van der Waals surface area contributed by atoms with Crippen molar-refractivity contribution in [3.8, 4) is 0 Å². The third-order valence-corrected chi connectivity index (χ3v) is 4.42. The van der Waals surface area contributed by atoms with Gasteiger partial charge in [-0.15, -0.1) is 0 Å². The highest BCUT2D eigenvalue weighted by Crippen LogP contribution is 2.13. The third-order valence-electron chi connectivity index (χ3n) is 4.42. The summed E-state index contributed by atoms with van der Waals surface area (Å²) in [6.07, 6.45) is 18.1. The highest BCUT2D eigenvalue weighted by molar-refractivity contribution is 5.75. The standard InChI is InChI=1S/C20H39NO3/c1-2-21-19(22)17-15-13-11-9-7-5-3-4-6-8-10-12-14-16-18-20(23)24/h2-18H2,1H3,(H,21,22)(H,23,24). The first-order chi connectivity index (χ1) is 11.7. The van der Waals surface area contributed by atoms with Crippen molar-refractivity contribution >= 4 is 11.9 Å². The Labute approximate surface area is 148 Å². The zero-order chi connectivity index (χ0) is 17.9. The number of unbranched alkanes of at least 4 members (excludes halogenated alkanes) is 13. The fourth-order valence-corrected chi connectivity index (χ4v) is 2.97. The zero-order valence-corrected chi connectivity index (χ0v) is 15.8. The van der Waals surface area contributed by atoms with E-state index in [2.05, 4.69) is 5.32 Å². The molecule has 0 radical (unpaired) electrons. The molecular weight excluding hydrogens is 302 g/mol. The van der Waals surface area contributed by atoms with Gasteiger partial charge in [0.1, 0.15) is 0 Å². The molecule has 0 bridgehead atoms. The molecule has 0 atom stereocenters. The second kappa shape index (κ2) is 18.3. The molecule has 0 fully saturated rings. The Morgan fingerprint density at radius 3 is 1.29 bits per heavy atom. The quantitative estimate of drug-likeness (QED) is 0.326. The van der Waals surface area contributed by atoms with Crippen LogP contribution >= 0.6 is 0 Å². The van der Waals surface area contributed by atoms with E-state index in [0.717, 1.165) is 25.8 Å². The van der Waals surface area contributed by atoms with Crippen LogP contribution in [0.2, 0.25) is 0 Å². The summed E-state index contributed by atoms with van der Waals surface area (Å²) in [7, 11) is 0. The molecule has 0 aliphatic carbocycles. The molecule has 24 heavy (non-hydrogen) atoms. The molecular formula is C20H39NO3. The van der Waals surface area contributed by atoms with Crippen molar-refractivity contribution in [2.75, 3.05) is 6.54 Å². The van der Waals surface area contributed by atoms with E-state index in [1.165, 1.54) is 70.6 Å². The van der Waals surface area contributed by atoms with Gasteiger partial charge in [-0.25, -0.2) is 0 Å². The van der Waals surface area contributed by atoms with Gasteiger partial charge in [-0.2, -0.15) is 0 Å². The molecule has 4 nitrogen and oxygen atoms in total. The Bertz CT molecular complexity index is 305. The maximum atomic E-state index is 11.3. The molecule has 2 N–H and O–H groups in total. The maximum Gasteiger partial charge on any atom is 0.303 e. The summed E-state index contributed by atoms with van der Waals surface area (Å²) in [5.41, 5.74) is 0. The second-order valence-electron chi connectivity index (χ2n) is 6.80. The summed E-state index contributed by atoms with van der Waals surface area (Å²) in [4.78, 5) is 21.6. The topological polar surface area (TPSA) is 66.4 Å². The first-order valence-corrected chi connectivity index (χ1v) is 10.1. The summed E-state index contributed by atoms with van der Waals surface area (Å²) in [5.74, 6) is -0.476. The van der Waals surface area contributed by atoms with Crippen LogP contribution in [0.15, 0.2) is 0 Å². The van der Waals surface area contributed by atoms with Crippen LogP contribution in [0.25, 0.3) is 0 Å². The third kappa shape index (κ3) is 19.0. The summed E-state index contributed by atoms with van der Waals surface area (Å²) in [6, 6.07) is 0. The first kappa shape index (κ1) is 22.9. The molecule has 0 aliphatic rings. The number of nitrogens with one attached hydrogen (secondary N) is 1. The number of carbonyl (C=O) groups is 2. The lowest BCUT2D eigenvalue weighted by atomic mass is 10.0. The van der Waals surface area contributed by atoms with Crippen LogP contribution in [-0.2, 0) is 9.59 Å². The lowest BCUT2D eigenvalue weighted by Gasteiger charge is -2.04. The summed E-state index contributed by atoms with van der Waals surface area (Å²) >= 11 is 0. The molecule has 0 unspecified atom stereocenters. The van der Waals surface area contributed by atoms with Gasteiger partial charge in [-0.05, 0) is 19.8 Å². The SMILES string of the molecule is CCNC(=O)CCCCCCCCCCCCCCCCC(=O)O. The van der Waals surface area contributed by atoms with Gasteiger partial charge in [0.05, 0.1) is 0 Å². The van der Waals surface area contributed by atoms with Crippen LogP contribution in [0.5, 0.6) is 0 Å². The van der Waals surface area contributed by atoms with Crippen LogP contribution in [0, 0.1) is 0 Å². The Morgan fingerprint density at radius 2 is 0.958 bits per heavy atom. The molecule has 142 valence electrons. The van der Waals surface area contributed by atoms with Crippen molar-refractivity contribution in [1.29, 1.82) is 0 Å². The number of carbonyl (C=O) groups excluding carboxylic acids is 1. The van der Waals surface area contributed by atoms with Crippen LogP contribution in [0.3, 0.4) is 0 Å². The number of rotatable bonds is 18. The van der Waals surface area contributed by atoms with Gasteiger partial charge >= 0.3 is 5.97 Å². The minimum atomic E-state index is -0.669. The van der Waals surface area contributed by atoms with E-state index in [-0.39, 0.29) is 5.91 Å². The zero-order valence-electron chi connectivity index (χ0n) is 15.8. The van der Waals surface area contributed by atoms with Crippen LogP contribution < -0.4 is 5.32 Å². The first-order valence-electron chi connectivity index (χ1n) is 10.1. The average molecular weight is 342 g/mol.